The molecule has 0 bridgehead atoms. The molecule has 2 aromatic carbocycles. The van der Waals surface area contributed by atoms with Gasteiger partial charge in [-0.05, 0) is 79.3 Å². The molecule has 0 aromatic heterocycles. The third-order valence-corrected chi connectivity index (χ3v) is 8.24. The monoisotopic (exact) mass is 789 g/mol. The van der Waals surface area contributed by atoms with Gasteiger partial charge in [-0.15, -0.1) is 0 Å². The second-order valence-electron chi connectivity index (χ2n) is 10.9. The molecule has 1 saturated heterocycles. The Hall–Kier alpha value is -2.24. The molecule has 1 N–H and O–H groups in total. The third-order valence-electron chi connectivity index (χ3n) is 8.24. The van der Waals surface area contributed by atoms with E-state index < -0.39 is 53.1 Å². The van der Waals surface area contributed by atoms with E-state index in [0.717, 1.165) is 18.4 Å². The molecule has 2 fully saturated rings. The number of carbonyl (C=O) groups is 1. The molecule has 2 aromatic rings. The van der Waals surface area contributed by atoms with E-state index in [1.165, 1.54) is 6.92 Å². The zero-order chi connectivity index (χ0) is 40.3. The van der Waals surface area contributed by atoms with Crippen LogP contribution in [0.4, 0.5) is 26.3 Å². The summed E-state index contributed by atoms with van der Waals surface area (Å²) in [6.07, 6.45) is -6.29. The Kier molecular flexibility index (Phi) is 24.8. The Balaban J connectivity index is 0. The fourth-order valence-electron chi connectivity index (χ4n) is 5.76. The average Bonchev–Trinajstić information content (AvgIpc) is 3.97. The summed E-state index contributed by atoms with van der Waals surface area (Å²) >= 11 is 5.34. The van der Waals surface area contributed by atoms with Crippen LogP contribution in [-0.4, -0.2) is 48.0 Å². The predicted octanol–water partition coefficient (Wildman–Crippen LogP) is 11.5. The predicted molar refractivity (Wildman–Crippen MR) is 194 cm³/mol. The molecule has 1 saturated carbocycles. The van der Waals surface area contributed by atoms with Crippen LogP contribution in [0.15, 0.2) is 36.4 Å². The van der Waals surface area contributed by atoms with Crippen molar-refractivity contribution in [2.24, 2.45) is 17.8 Å². The molecule has 3 aliphatic rings. The van der Waals surface area contributed by atoms with E-state index in [2.05, 4.69) is 17.7 Å². The topological polar surface area (TPSA) is 59.0 Å². The number of fused-ring (bicyclic) bond motifs is 1. The van der Waals surface area contributed by atoms with E-state index in [1.807, 2.05) is 84.3 Å². The van der Waals surface area contributed by atoms with Gasteiger partial charge in [0, 0.05) is 25.0 Å². The molecular weight excluding hydrogens is 731 g/mol. The first-order chi connectivity index (χ1) is 24.2. The molecule has 5 rings (SSSR count). The number of thiol groups is 1. The van der Waals surface area contributed by atoms with Crippen molar-refractivity contribution in [1.29, 1.82) is 0 Å². The van der Waals surface area contributed by atoms with Gasteiger partial charge in [-0.25, -0.2) is 0 Å². The summed E-state index contributed by atoms with van der Waals surface area (Å²) in [5, 5.41) is 14.0. The van der Waals surface area contributed by atoms with Crippen LogP contribution in [0, 0.1) is 22.8 Å². The maximum atomic E-state index is 13.6. The summed E-state index contributed by atoms with van der Waals surface area (Å²) < 4.78 is 92.6. The van der Waals surface area contributed by atoms with Crippen molar-refractivity contribution < 1.29 is 62.5 Å². The fourth-order valence-corrected chi connectivity index (χ4v) is 5.76. The van der Waals surface area contributed by atoms with Crippen molar-refractivity contribution in [3.8, 4) is 16.5 Å². The van der Waals surface area contributed by atoms with Gasteiger partial charge in [0.25, 0.3) is 0 Å². The summed E-state index contributed by atoms with van der Waals surface area (Å²) in [5.41, 5.74) is -1.74. The van der Waals surface area contributed by atoms with E-state index >= 15 is 0 Å². The van der Waals surface area contributed by atoms with Crippen LogP contribution in [0.1, 0.15) is 116 Å². The minimum atomic E-state index is -4.78. The van der Waals surface area contributed by atoms with Crippen LogP contribution >= 0.6 is 12.6 Å². The standard InChI is InChI=1S/C28H29F6NO4.4C2H6.CH4S.CH.V/c1-14(26(36)37)25(16-3-4-16)17-5-8-22-23(9-17)39-24(13-38-22)18-11-35(12-18)15(2)20-10-19(27(29,30)31)6-7-21(20)28(32,33)34;5*1-2;;/h5-10,14-16,18,24-25H,3-4,11-13H2,1-2H3,(H,36,37);4*1-2H3;2H,1H3;1H;/t14-,15-,24-,25?;;;;;;;/m0......./s1. The summed E-state index contributed by atoms with van der Waals surface area (Å²) in [6.45, 7) is 20.1. The van der Waals surface area contributed by atoms with E-state index in [4.69, 9.17) is 9.47 Å². The average molecular weight is 790 g/mol. The third kappa shape index (κ3) is 14.3. The van der Waals surface area contributed by atoms with Crippen LogP contribution in [-0.2, 0) is 33.9 Å². The number of nitrogens with zero attached hydrogens (tertiary/aromatic N) is 1. The number of ether oxygens (including phenoxy) is 2. The molecule has 0 amide bonds. The molecule has 0 radical (unpaired) electrons. The van der Waals surface area contributed by atoms with Gasteiger partial charge >= 0.3 is 40.1 Å². The summed E-state index contributed by atoms with van der Waals surface area (Å²) in [5.74, 6) is -0.332. The van der Waals surface area contributed by atoms with E-state index in [1.54, 1.807) is 24.1 Å². The fraction of sp³-hybridized carbons (Fsp3) is 0.632. The van der Waals surface area contributed by atoms with Crippen LogP contribution in [0.3, 0.4) is 0 Å². The van der Waals surface area contributed by atoms with Gasteiger partial charge in [0.2, 0.25) is 0 Å². The van der Waals surface area contributed by atoms with Crippen molar-refractivity contribution >= 4 is 18.6 Å². The Bertz CT molecular complexity index is 1300. The van der Waals surface area contributed by atoms with Gasteiger partial charge in [-0.2, -0.15) is 39.0 Å². The maximum absolute atomic E-state index is 13.6. The summed E-state index contributed by atoms with van der Waals surface area (Å²) in [6, 6.07) is 6.12. The van der Waals surface area contributed by atoms with E-state index in [-0.39, 0.29) is 18.4 Å². The number of carboxylic acids is 1. The first-order valence-electron chi connectivity index (χ1n) is 17.6. The number of likely N-dealkylation sites (tertiary alicyclic amines) is 1. The van der Waals surface area contributed by atoms with Gasteiger partial charge in [-0.1, -0.05) is 68.4 Å². The minimum absolute atomic E-state index is 0.0958. The summed E-state index contributed by atoms with van der Waals surface area (Å²) in [4.78, 5) is 13.4. The zero-order valence-electron chi connectivity index (χ0n) is 31.8. The Morgan fingerprint density at radius 1 is 0.863 bits per heavy atom. The number of rotatable bonds is 7. The number of aliphatic carboxylic acids is 1. The molecular formula is C38H58F6NO4SV. The van der Waals surface area contributed by atoms with E-state index in [9.17, 15) is 36.2 Å². The number of hydrogen-bond donors (Lipinski definition) is 2. The molecule has 51 heavy (non-hydrogen) atoms. The van der Waals surface area contributed by atoms with Crippen LogP contribution in [0.25, 0.3) is 0 Å². The molecule has 292 valence electrons. The van der Waals surface area contributed by atoms with E-state index in [0.29, 0.717) is 48.7 Å². The number of benzene rings is 2. The van der Waals surface area contributed by atoms with Gasteiger partial charge in [-0.3, -0.25) is 9.69 Å². The van der Waals surface area contributed by atoms with Crippen molar-refractivity contribution in [1.82, 2.24) is 4.90 Å². The second kappa shape index (κ2) is 24.9. The summed E-state index contributed by atoms with van der Waals surface area (Å²) in [7, 11) is 0. The quantitative estimate of drug-likeness (QED) is 0.216. The van der Waals surface area contributed by atoms with Crippen LogP contribution in [0.5, 0.6) is 11.5 Å². The molecule has 13 heteroatoms. The molecule has 4 atom stereocenters. The van der Waals surface area contributed by atoms with Gasteiger partial charge in [0.05, 0.1) is 17.0 Å². The van der Waals surface area contributed by atoms with Crippen molar-refractivity contribution in [2.45, 2.75) is 112 Å². The first-order valence-corrected chi connectivity index (χ1v) is 19.3. The molecule has 1 unspecified atom stereocenters. The number of carboxylic acid groups (broad SMARTS) is 1. The molecule has 2 aliphatic heterocycles. The van der Waals surface area contributed by atoms with Gasteiger partial charge in [0.1, 0.15) is 12.7 Å². The van der Waals surface area contributed by atoms with Crippen molar-refractivity contribution in [3.05, 3.63) is 58.7 Å². The second-order valence-corrected chi connectivity index (χ2v) is 10.9. The Morgan fingerprint density at radius 3 is 1.84 bits per heavy atom. The van der Waals surface area contributed by atoms with Crippen molar-refractivity contribution in [3.63, 3.8) is 0 Å². The number of halogens is 6. The zero-order valence-corrected chi connectivity index (χ0v) is 34.1. The molecule has 1 aliphatic carbocycles. The van der Waals surface area contributed by atoms with Gasteiger partial charge < -0.3 is 14.6 Å². The molecule has 5 nitrogen and oxygen atoms in total. The van der Waals surface area contributed by atoms with Crippen LogP contribution < -0.4 is 9.47 Å². The van der Waals surface area contributed by atoms with Crippen molar-refractivity contribution in [2.75, 3.05) is 26.0 Å². The van der Waals surface area contributed by atoms with Crippen LogP contribution in [0.2, 0.25) is 0 Å². The Labute approximate surface area is 316 Å². The molecule has 0 spiro atoms. The first kappa shape index (κ1) is 50.9. The van der Waals surface area contributed by atoms with Gasteiger partial charge in [0.15, 0.2) is 11.5 Å². The normalized spacial score (nSPS) is 17.9. The number of hydrogen-bond acceptors (Lipinski definition) is 5. The Morgan fingerprint density at radius 2 is 1.39 bits per heavy atom. The number of alkyl halides is 6. The SMILES string of the molecule is CC.CC.CC.CC.CS.C[C@H](C(=O)O)C(c1ccc2c(c1)O[C@H](C1CN([C@@H](C)c3cc(C(F)(F)F)ccc3C(F)(F)F)C1)CO2)C1CC1.[CH]#[V]. The molecule has 2 heterocycles.